The molecular weight excluding hydrogens is 680 g/mol. The Hall–Kier alpha value is -4.38. The van der Waals surface area contributed by atoms with Gasteiger partial charge in [0.2, 0.25) is 23.6 Å². The molecule has 2 aliphatic heterocycles. The molecule has 8 atom stereocenters. The van der Waals surface area contributed by atoms with Crippen molar-refractivity contribution >= 4 is 41.3 Å². The Morgan fingerprint density at radius 1 is 1.00 bits per heavy atom. The molecule has 0 bridgehead atoms. The molecular formula is C36H52N4O12. The largest absolute Gasteiger partial charge is 0.479 e. The molecule has 16 heteroatoms. The number of carbonyl (C=O) groups excluding carboxylic acids is 5. The lowest BCUT2D eigenvalue weighted by Crippen LogP contribution is -2.59. The number of aliphatic carboxylic acids is 1. The number of allylic oxidation sites excluding steroid dienone is 1. The van der Waals surface area contributed by atoms with Crippen molar-refractivity contribution in [3.8, 4) is 0 Å². The molecule has 2 heterocycles. The van der Waals surface area contributed by atoms with Crippen molar-refractivity contribution < 1.29 is 58.7 Å². The maximum Gasteiger partial charge on any atom is 0.335 e. The SMILES string of the molecule is C=C1CC(C)C(=O)N1CC(=O)N[C@H](C(=O)N[C@@H](C)C(=O)Nc1ccc(COC(=O)C(C)(C)C)c(CC[C@@H]2O[C@H](C(=O)O)[C@@H](O)[C@H](O)[C@H]2O)c1)C(C)C. The molecule has 0 radical (unpaired) electrons. The molecule has 1 unspecified atom stereocenters. The molecule has 1 aromatic carbocycles. The van der Waals surface area contributed by atoms with Crippen LogP contribution in [0.1, 0.15) is 72.4 Å². The molecule has 2 fully saturated rings. The minimum Gasteiger partial charge on any atom is -0.479 e. The van der Waals surface area contributed by atoms with E-state index in [1.165, 1.54) is 11.8 Å². The summed E-state index contributed by atoms with van der Waals surface area (Å²) in [7, 11) is 0. The Kier molecular flexibility index (Phi) is 14.1. The van der Waals surface area contributed by atoms with Gasteiger partial charge in [0.15, 0.2) is 6.10 Å². The number of amides is 4. The van der Waals surface area contributed by atoms with Gasteiger partial charge in [0.1, 0.15) is 43.5 Å². The molecule has 4 amide bonds. The fraction of sp³-hybridized carbons (Fsp3) is 0.611. The van der Waals surface area contributed by atoms with Crippen LogP contribution in [0.5, 0.6) is 0 Å². The topological polar surface area (TPSA) is 241 Å². The summed E-state index contributed by atoms with van der Waals surface area (Å²) in [6, 6.07) is 2.70. The van der Waals surface area contributed by atoms with Crippen molar-refractivity contribution in [3.05, 3.63) is 41.6 Å². The number of rotatable bonds is 14. The molecule has 2 saturated heterocycles. The van der Waals surface area contributed by atoms with Crippen LogP contribution in [0.3, 0.4) is 0 Å². The molecule has 0 spiro atoms. The summed E-state index contributed by atoms with van der Waals surface area (Å²) >= 11 is 0. The molecule has 0 aromatic heterocycles. The average molecular weight is 733 g/mol. The molecule has 0 aliphatic carbocycles. The normalized spacial score (nSPS) is 24.6. The zero-order valence-electron chi connectivity index (χ0n) is 30.7. The van der Waals surface area contributed by atoms with Crippen molar-refractivity contribution in [1.29, 1.82) is 0 Å². The van der Waals surface area contributed by atoms with Crippen LogP contribution in [-0.4, -0.2) is 110 Å². The fourth-order valence-electron chi connectivity index (χ4n) is 5.81. The van der Waals surface area contributed by atoms with Gasteiger partial charge in [-0.25, -0.2) is 4.79 Å². The van der Waals surface area contributed by atoms with E-state index in [1.54, 1.807) is 59.7 Å². The number of anilines is 1. The Morgan fingerprint density at radius 3 is 2.21 bits per heavy atom. The van der Waals surface area contributed by atoms with Crippen molar-refractivity contribution in [2.75, 3.05) is 11.9 Å². The van der Waals surface area contributed by atoms with Crippen LogP contribution >= 0.6 is 0 Å². The van der Waals surface area contributed by atoms with E-state index in [4.69, 9.17) is 9.47 Å². The van der Waals surface area contributed by atoms with Crippen molar-refractivity contribution in [1.82, 2.24) is 15.5 Å². The van der Waals surface area contributed by atoms with E-state index in [1.807, 2.05) is 0 Å². The third-order valence-electron chi connectivity index (χ3n) is 9.03. The second-order valence-corrected chi connectivity index (χ2v) is 14.9. The second-order valence-electron chi connectivity index (χ2n) is 14.9. The summed E-state index contributed by atoms with van der Waals surface area (Å²) in [6.45, 7) is 15.2. The standard InChI is InChI=1S/C36H52N4O12/c1-17(2)26(39-25(41)15-40-19(4)13-18(3)33(40)47)32(46)37-20(5)31(45)38-23-11-9-22(16-51-35(50)36(6,7)8)21(14-23)10-12-24-27(42)28(43)29(44)30(52-24)34(48)49/h9,11,14,17-18,20,24,26-30,42-44H,4,10,12-13,15-16H2,1-3,5-8H3,(H,37,46)(H,38,45)(H,39,41)(H,48,49)/t18?,20-,24-,26-,27-,28+,29-,30-/m0/s1. The Bertz CT molecular complexity index is 1540. The number of carbonyl (C=O) groups is 6. The summed E-state index contributed by atoms with van der Waals surface area (Å²) < 4.78 is 10.9. The molecule has 0 saturated carbocycles. The van der Waals surface area contributed by atoms with Crippen LogP contribution in [0, 0.1) is 17.3 Å². The van der Waals surface area contributed by atoms with Crippen LogP contribution < -0.4 is 16.0 Å². The average Bonchev–Trinajstić information content (AvgIpc) is 3.29. The van der Waals surface area contributed by atoms with Gasteiger partial charge >= 0.3 is 11.9 Å². The highest BCUT2D eigenvalue weighted by molar-refractivity contribution is 5.98. The number of nitrogens with zero attached hydrogens (tertiary/aromatic N) is 1. The van der Waals surface area contributed by atoms with Crippen LogP contribution in [0.25, 0.3) is 0 Å². The maximum absolute atomic E-state index is 13.2. The highest BCUT2D eigenvalue weighted by atomic mass is 16.6. The van der Waals surface area contributed by atoms with E-state index in [2.05, 4.69) is 22.5 Å². The molecule has 52 heavy (non-hydrogen) atoms. The third-order valence-corrected chi connectivity index (χ3v) is 9.03. The number of aliphatic hydroxyl groups excluding tert-OH is 3. The van der Waals surface area contributed by atoms with Crippen LogP contribution in [0.4, 0.5) is 5.69 Å². The Labute approximate surface area is 302 Å². The lowest BCUT2D eigenvalue weighted by atomic mass is 9.91. The number of nitrogens with one attached hydrogen (secondary N) is 3. The molecule has 288 valence electrons. The molecule has 3 rings (SSSR count). The van der Waals surface area contributed by atoms with Gasteiger partial charge in [0.25, 0.3) is 0 Å². The first kappa shape index (κ1) is 42.0. The van der Waals surface area contributed by atoms with E-state index in [0.29, 0.717) is 28.9 Å². The monoisotopic (exact) mass is 732 g/mol. The van der Waals surface area contributed by atoms with Gasteiger partial charge in [-0.15, -0.1) is 0 Å². The summed E-state index contributed by atoms with van der Waals surface area (Å²) in [5.74, 6) is -4.59. The molecule has 7 N–H and O–H groups in total. The number of aryl methyl sites for hydroxylation is 1. The van der Waals surface area contributed by atoms with Gasteiger partial charge < -0.3 is 50.8 Å². The van der Waals surface area contributed by atoms with E-state index >= 15 is 0 Å². The predicted octanol–water partition coefficient (Wildman–Crippen LogP) is 0.609. The highest BCUT2D eigenvalue weighted by Crippen LogP contribution is 2.28. The van der Waals surface area contributed by atoms with Crippen molar-refractivity contribution in [2.45, 2.75) is 117 Å². The minimum atomic E-state index is -1.84. The van der Waals surface area contributed by atoms with Gasteiger partial charge in [-0.1, -0.05) is 33.4 Å². The zero-order chi connectivity index (χ0) is 39.2. The van der Waals surface area contributed by atoms with E-state index < -0.39 is 77.7 Å². The first-order valence-electron chi connectivity index (χ1n) is 17.2. The summed E-state index contributed by atoms with van der Waals surface area (Å²) in [6.07, 6.45) is -7.59. The van der Waals surface area contributed by atoms with Gasteiger partial charge in [0, 0.05) is 17.3 Å². The highest BCUT2D eigenvalue weighted by Gasteiger charge is 2.46. The number of likely N-dealkylation sites (tertiary alicyclic amines) is 1. The number of esters is 1. The lowest BCUT2D eigenvalue weighted by Gasteiger charge is -2.39. The Morgan fingerprint density at radius 2 is 1.65 bits per heavy atom. The number of carboxylic acid groups (broad SMARTS) is 1. The van der Waals surface area contributed by atoms with Gasteiger partial charge in [-0.05, 0) is 76.1 Å². The first-order chi connectivity index (χ1) is 24.1. The lowest BCUT2D eigenvalue weighted by molar-refractivity contribution is -0.228. The molecule has 16 nitrogen and oxygen atoms in total. The van der Waals surface area contributed by atoms with Gasteiger partial charge in [-0.2, -0.15) is 0 Å². The number of aliphatic hydroxyl groups is 3. The number of hydrogen-bond donors (Lipinski definition) is 7. The number of benzene rings is 1. The second kappa shape index (κ2) is 17.4. The summed E-state index contributed by atoms with van der Waals surface area (Å²) in [5, 5.41) is 48.2. The number of ether oxygens (including phenoxy) is 2. The number of carboxylic acids is 1. The molecule has 1 aromatic rings. The molecule has 2 aliphatic rings. The van der Waals surface area contributed by atoms with Gasteiger partial charge in [0.05, 0.1) is 11.5 Å². The summed E-state index contributed by atoms with van der Waals surface area (Å²) in [5.41, 5.74) is 1.12. The van der Waals surface area contributed by atoms with Crippen LogP contribution in [0.2, 0.25) is 0 Å². The van der Waals surface area contributed by atoms with E-state index in [-0.39, 0.29) is 43.7 Å². The van der Waals surface area contributed by atoms with E-state index in [0.717, 1.165) is 0 Å². The maximum atomic E-state index is 13.2. The van der Waals surface area contributed by atoms with E-state index in [9.17, 15) is 49.2 Å². The van der Waals surface area contributed by atoms with Crippen molar-refractivity contribution in [3.63, 3.8) is 0 Å². The predicted molar refractivity (Wildman–Crippen MR) is 186 cm³/mol. The fourth-order valence-corrected chi connectivity index (χ4v) is 5.81. The van der Waals surface area contributed by atoms with Gasteiger partial charge in [-0.3, -0.25) is 24.0 Å². The number of hydrogen-bond acceptors (Lipinski definition) is 11. The summed E-state index contributed by atoms with van der Waals surface area (Å²) in [4.78, 5) is 77.0. The van der Waals surface area contributed by atoms with Crippen LogP contribution in [-0.2, 0) is 51.3 Å². The quantitative estimate of drug-likeness (QED) is 0.130. The Balaban J connectivity index is 1.72. The first-order valence-corrected chi connectivity index (χ1v) is 17.2. The van der Waals surface area contributed by atoms with Crippen molar-refractivity contribution in [2.24, 2.45) is 17.3 Å². The zero-order valence-corrected chi connectivity index (χ0v) is 30.7. The smallest absolute Gasteiger partial charge is 0.335 e. The van der Waals surface area contributed by atoms with Crippen LogP contribution in [0.15, 0.2) is 30.5 Å². The minimum absolute atomic E-state index is 0.0137. The third kappa shape index (κ3) is 10.6.